The van der Waals surface area contributed by atoms with Crippen LogP contribution in [0.3, 0.4) is 0 Å². The van der Waals surface area contributed by atoms with Crippen LogP contribution in [0.1, 0.15) is 11.1 Å². The Morgan fingerprint density at radius 3 is 2.57 bits per heavy atom. The summed E-state index contributed by atoms with van der Waals surface area (Å²) in [7, 11) is 3.16. The van der Waals surface area contributed by atoms with E-state index in [-0.39, 0.29) is 5.57 Å². The second-order valence-corrected chi connectivity index (χ2v) is 6.83. The molecule has 0 saturated carbocycles. The largest absolute Gasteiger partial charge is 0.493 e. The van der Waals surface area contributed by atoms with Crippen molar-refractivity contribution in [2.75, 3.05) is 26.1 Å². The molecule has 0 bridgehead atoms. The summed E-state index contributed by atoms with van der Waals surface area (Å²) in [5.74, 6) is 0.862. The third kappa shape index (κ3) is 5.76. The van der Waals surface area contributed by atoms with Gasteiger partial charge in [0, 0.05) is 22.9 Å². The summed E-state index contributed by atoms with van der Waals surface area (Å²) in [4.78, 5) is 12.2. The fourth-order valence-electron chi connectivity index (χ4n) is 2.49. The highest BCUT2D eigenvalue weighted by Crippen LogP contribution is 2.27. The summed E-state index contributed by atoms with van der Waals surface area (Å²) in [5, 5.41) is 15.0. The number of benzene rings is 2. The van der Waals surface area contributed by atoms with E-state index in [0.717, 1.165) is 21.3 Å². The minimum atomic E-state index is -0.427. The molecular formula is C21H22BrN3O3. The molecule has 0 spiro atoms. The molecule has 7 heteroatoms. The molecule has 2 aromatic carbocycles. The maximum Gasteiger partial charge on any atom is 0.263 e. The molecule has 0 aliphatic carbocycles. The van der Waals surface area contributed by atoms with Gasteiger partial charge in [0.15, 0.2) is 11.5 Å². The summed E-state index contributed by atoms with van der Waals surface area (Å²) in [6.07, 6.45) is 2.01. The predicted molar refractivity (Wildman–Crippen MR) is 112 cm³/mol. The molecule has 0 saturated heterocycles. The smallest absolute Gasteiger partial charge is 0.263 e. The van der Waals surface area contributed by atoms with Crippen molar-refractivity contribution in [1.29, 1.82) is 5.26 Å². The quantitative estimate of drug-likeness (QED) is 0.476. The number of anilines is 1. The Morgan fingerprint density at radius 2 is 1.93 bits per heavy atom. The van der Waals surface area contributed by atoms with Gasteiger partial charge >= 0.3 is 0 Å². The van der Waals surface area contributed by atoms with Crippen LogP contribution in [-0.2, 0) is 11.2 Å². The number of aryl methyl sites for hydroxylation is 1. The molecule has 0 radical (unpaired) electrons. The molecule has 0 atom stereocenters. The number of hydrogen-bond acceptors (Lipinski definition) is 5. The first-order chi connectivity index (χ1) is 13.5. The lowest BCUT2D eigenvalue weighted by molar-refractivity contribution is -0.117. The molecule has 2 rings (SSSR count). The molecule has 146 valence electrons. The van der Waals surface area contributed by atoms with E-state index in [0.29, 0.717) is 24.5 Å². The number of nitrogens with zero attached hydrogens (tertiary/aromatic N) is 1. The minimum absolute atomic E-state index is 0.00730. The maximum absolute atomic E-state index is 12.2. The molecule has 0 fully saturated rings. The van der Waals surface area contributed by atoms with Crippen molar-refractivity contribution in [3.05, 3.63) is 63.8 Å². The Hall–Kier alpha value is -2.98. The zero-order chi connectivity index (χ0) is 20.5. The highest BCUT2D eigenvalue weighted by molar-refractivity contribution is 9.10. The average Bonchev–Trinajstić information content (AvgIpc) is 2.70. The SMILES string of the molecule is COc1ccc(CCNC(=O)/C(C#N)=C\Nc2ccc(Br)c(C)c2)cc1OC. The summed E-state index contributed by atoms with van der Waals surface area (Å²) in [6.45, 7) is 2.36. The number of methoxy groups -OCH3 is 2. The van der Waals surface area contributed by atoms with Crippen molar-refractivity contribution in [3.8, 4) is 17.6 Å². The number of rotatable bonds is 8. The Bertz CT molecular complexity index is 920. The molecule has 2 aromatic rings. The number of halogens is 1. The van der Waals surface area contributed by atoms with Crippen molar-refractivity contribution in [1.82, 2.24) is 5.32 Å². The van der Waals surface area contributed by atoms with Gasteiger partial charge in [0.05, 0.1) is 14.2 Å². The number of amides is 1. The van der Waals surface area contributed by atoms with Crippen LogP contribution < -0.4 is 20.1 Å². The molecule has 2 N–H and O–H groups in total. The summed E-state index contributed by atoms with van der Waals surface area (Å²) in [5.41, 5.74) is 2.85. The van der Waals surface area contributed by atoms with E-state index in [2.05, 4.69) is 26.6 Å². The number of carbonyl (C=O) groups excluding carboxylic acids is 1. The first-order valence-corrected chi connectivity index (χ1v) is 9.39. The molecule has 0 heterocycles. The van der Waals surface area contributed by atoms with Crippen LogP contribution in [0.25, 0.3) is 0 Å². The topological polar surface area (TPSA) is 83.4 Å². The maximum atomic E-state index is 12.2. The van der Waals surface area contributed by atoms with E-state index in [1.54, 1.807) is 14.2 Å². The van der Waals surface area contributed by atoms with Gasteiger partial charge in [-0.3, -0.25) is 4.79 Å². The molecule has 0 aliphatic rings. The van der Waals surface area contributed by atoms with Gasteiger partial charge in [-0.25, -0.2) is 0 Å². The van der Waals surface area contributed by atoms with E-state index in [1.807, 2.05) is 49.4 Å². The summed E-state index contributed by atoms with van der Waals surface area (Å²) in [6, 6.07) is 13.2. The van der Waals surface area contributed by atoms with Crippen molar-refractivity contribution in [2.24, 2.45) is 0 Å². The van der Waals surface area contributed by atoms with Crippen LogP contribution in [0.15, 0.2) is 52.6 Å². The number of nitriles is 1. The molecule has 6 nitrogen and oxygen atoms in total. The molecule has 1 amide bonds. The van der Waals surface area contributed by atoms with Crippen LogP contribution in [-0.4, -0.2) is 26.7 Å². The normalized spacial score (nSPS) is 10.8. The molecular weight excluding hydrogens is 422 g/mol. The van der Waals surface area contributed by atoms with Crippen LogP contribution in [0.5, 0.6) is 11.5 Å². The van der Waals surface area contributed by atoms with Crippen LogP contribution in [0.2, 0.25) is 0 Å². The lowest BCUT2D eigenvalue weighted by atomic mass is 10.1. The molecule has 0 aliphatic heterocycles. The molecule has 28 heavy (non-hydrogen) atoms. The monoisotopic (exact) mass is 443 g/mol. The minimum Gasteiger partial charge on any atom is -0.493 e. The van der Waals surface area contributed by atoms with E-state index in [1.165, 1.54) is 6.20 Å². The Balaban J connectivity index is 1.93. The van der Waals surface area contributed by atoms with Crippen LogP contribution in [0.4, 0.5) is 5.69 Å². The highest BCUT2D eigenvalue weighted by Gasteiger charge is 2.09. The average molecular weight is 444 g/mol. The number of carbonyl (C=O) groups is 1. The van der Waals surface area contributed by atoms with Gasteiger partial charge < -0.3 is 20.1 Å². The van der Waals surface area contributed by atoms with Gasteiger partial charge in [0.1, 0.15) is 11.6 Å². The van der Waals surface area contributed by atoms with Crippen molar-refractivity contribution in [3.63, 3.8) is 0 Å². The van der Waals surface area contributed by atoms with Gasteiger partial charge in [-0.05, 0) is 54.8 Å². The standard InChI is InChI=1S/C21H22BrN3O3/c1-14-10-17(5-6-18(14)22)25-13-16(12-23)21(26)24-9-8-15-4-7-19(27-2)20(11-15)28-3/h4-7,10-11,13,25H,8-9H2,1-3H3,(H,24,26)/b16-13-. The van der Waals surface area contributed by atoms with Crippen LogP contribution >= 0.6 is 15.9 Å². The van der Waals surface area contributed by atoms with Gasteiger partial charge in [0.2, 0.25) is 0 Å². The third-order valence-corrected chi connectivity index (χ3v) is 4.94. The van der Waals surface area contributed by atoms with Crippen molar-refractivity contribution in [2.45, 2.75) is 13.3 Å². The number of hydrogen-bond donors (Lipinski definition) is 2. The summed E-state index contributed by atoms with van der Waals surface area (Å²) >= 11 is 3.44. The fraction of sp³-hybridized carbons (Fsp3) is 0.238. The molecule has 0 aromatic heterocycles. The Morgan fingerprint density at radius 1 is 1.18 bits per heavy atom. The zero-order valence-corrected chi connectivity index (χ0v) is 17.6. The van der Waals surface area contributed by atoms with Gasteiger partial charge in [0.25, 0.3) is 5.91 Å². The zero-order valence-electron chi connectivity index (χ0n) is 16.0. The Labute approximate surface area is 173 Å². The lowest BCUT2D eigenvalue weighted by Gasteiger charge is -2.10. The predicted octanol–water partition coefficient (Wildman–Crippen LogP) is 3.95. The second-order valence-electron chi connectivity index (χ2n) is 5.97. The lowest BCUT2D eigenvalue weighted by Crippen LogP contribution is -2.27. The van der Waals surface area contributed by atoms with Gasteiger partial charge in [-0.1, -0.05) is 22.0 Å². The second kappa shape index (κ2) is 10.4. The van der Waals surface area contributed by atoms with E-state index in [4.69, 9.17) is 9.47 Å². The van der Waals surface area contributed by atoms with E-state index < -0.39 is 5.91 Å². The molecule has 0 unspecified atom stereocenters. The van der Waals surface area contributed by atoms with E-state index >= 15 is 0 Å². The first kappa shape index (κ1) is 21.3. The Kier molecular flexibility index (Phi) is 7.90. The van der Waals surface area contributed by atoms with E-state index in [9.17, 15) is 10.1 Å². The summed E-state index contributed by atoms with van der Waals surface area (Å²) < 4.78 is 11.5. The number of nitrogens with one attached hydrogen (secondary N) is 2. The first-order valence-electron chi connectivity index (χ1n) is 8.60. The van der Waals surface area contributed by atoms with Crippen molar-refractivity contribution < 1.29 is 14.3 Å². The fourth-order valence-corrected chi connectivity index (χ4v) is 2.74. The highest BCUT2D eigenvalue weighted by atomic mass is 79.9. The van der Waals surface area contributed by atoms with Crippen molar-refractivity contribution >= 4 is 27.5 Å². The number of ether oxygens (including phenoxy) is 2. The van der Waals surface area contributed by atoms with Gasteiger partial charge in [-0.15, -0.1) is 0 Å². The third-order valence-electron chi connectivity index (χ3n) is 4.05. The van der Waals surface area contributed by atoms with Crippen LogP contribution in [0, 0.1) is 18.3 Å². The van der Waals surface area contributed by atoms with Gasteiger partial charge in [-0.2, -0.15) is 5.26 Å².